The maximum atomic E-state index is 13.1. The molecule has 1 saturated carbocycles. The number of thioether (sulfide) groups is 1. The predicted molar refractivity (Wildman–Crippen MR) is 160 cm³/mol. The van der Waals surface area contributed by atoms with Crippen LogP contribution in [0.15, 0.2) is 35.5 Å². The number of benzene rings is 1. The van der Waals surface area contributed by atoms with Crippen molar-refractivity contribution in [2.45, 2.75) is 50.2 Å². The van der Waals surface area contributed by atoms with Gasteiger partial charge in [-0.15, -0.1) is 0 Å². The Morgan fingerprint density at radius 2 is 1.73 bits per heavy atom. The van der Waals surface area contributed by atoms with E-state index in [1.807, 2.05) is 23.1 Å². The van der Waals surface area contributed by atoms with E-state index < -0.39 is 0 Å². The zero-order chi connectivity index (χ0) is 28.1. The lowest BCUT2D eigenvalue weighted by atomic mass is 9.88. The van der Waals surface area contributed by atoms with Gasteiger partial charge in [-0.2, -0.15) is 0 Å². The Labute approximate surface area is 246 Å². The Morgan fingerprint density at radius 1 is 1.00 bits per heavy atom. The molecule has 40 heavy (non-hydrogen) atoms. The highest BCUT2D eigenvalue weighted by molar-refractivity contribution is 7.99. The number of carbonyl (C=O) groups is 2. The van der Waals surface area contributed by atoms with E-state index in [-0.39, 0.29) is 23.6 Å². The second kappa shape index (κ2) is 13.3. The third-order valence-corrected chi connectivity index (χ3v) is 9.26. The SMILES string of the molecule is COc1ccccc1N1CCN(C(=O)CSc2nc(Cl)cc(N3CCN(C(=O)C4CCCCC4)[C@H](C)C3)n2)CC1. The number of piperazine rings is 2. The van der Waals surface area contributed by atoms with Crippen LogP contribution in [0.5, 0.6) is 5.75 Å². The highest BCUT2D eigenvalue weighted by Gasteiger charge is 2.33. The molecule has 0 radical (unpaired) electrons. The van der Waals surface area contributed by atoms with E-state index in [0.29, 0.717) is 48.9 Å². The molecular formula is C29H39ClN6O3S. The van der Waals surface area contributed by atoms with E-state index in [1.54, 1.807) is 13.2 Å². The summed E-state index contributed by atoms with van der Waals surface area (Å²) in [5.41, 5.74) is 1.06. The summed E-state index contributed by atoms with van der Waals surface area (Å²) < 4.78 is 5.50. The minimum atomic E-state index is 0.0678. The fraction of sp³-hybridized carbons (Fsp3) is 0.586. The first-order valence-corrected chi connectivity index (χ1v) is 15.7. The summed E-state index contributed by atoms with van der Waals surface area (Å²) in [6.07, 6.45) is 5.60. The van der Waals surface area contributed by atoms with Crippen molar-refractivity contribution in [3.8, 4) is 5.75 Å². The second-order valence-corrected chi connectivity index (χ2v) is 12.2. The van der Waals surface area contributed by atoms with Crippen molar-refractivity contribution >= 4 is 46.7 Å². The minimum Gasteiger partial charge on any atom is -0.495 e. The molecule has 1 aliphatic carbocycles. The zero-order valence-corrected chi connectivity index (χ0v) is 25.0. The van der Waals surface area contributed by atoms with Crippen molar-refractivity contribution in [2.24, 2.45) is 5.92 Å². The molecule has 11 heteroatoms. The van der Waals surface area contributed by atoms with Gasteiger partial charge in [-0.25, -0.2) is 9.97 Å². The minimum absolute atomic E-state index is 0.0678. The summed E-state index contributed by atoms with van der Waals surface area (Å²) in [4.78, 5) is 43.6. The van der Waals surface area contributed by atoms with Crippen LogP contribution in [0.1, 0.15) is 39.0 Å². The monoisotopic (exact) mass is 586 g/mol. The summed E-state index contributed by atoms with van der Waals surface area (Å²) in [6, 6.07) is 9.85. The lowest BCUT2D eigenvalue weighted by Gasteiger charge is -2.42. The Kier molecular flexibility index (Phi) is 9.57. The van der Waals surface area contributed by atoms with Gasteiger partial charge < -0.3 is 24.3 Å². The number of anilines is 2. The first-order chi connectivity index (χ1) is 19.4. The van der Waals surface area contributed by atoms with E-state index >= 15 is 0 Å². The number of carbonyl (C=O) groups excluding carboxylic acids is 2. The fourth-order valence-electron chi connectivity index (χ4n) is 5.99. The van der Waals surface area contributed by atoms with Gasteiger partial charge in [0.15, 0.2) is 5.16 Å². The third-order valence-electron chi connectivity index (χ3n) is 8.23. The topological polar surface area (TPSA) is 82.1 Å². The number of hydrogen-bond acceptors (Lipinski definition) is 8. The maximum Gasteiger partial charge on any atom is 0.233 e. The van der Waals surface area contributed by atoms with Gasteiger partial charge in [0.25, 0.3) is 0 Å². The number of halogens is 1. The highest BCUT2D eigenvalue weighted by atomic mass is 35.5. The number of ether oxygens (including phenoxy) is 1. The number of hydrogen-bond donors (Lipinski definition) is 0. The molecule has 9 nitrogen and oxygen atoms in total. The van der Waals surface area contributed by atoms with Crippen LogP contribution in [0, 0.1) is 5.92 Å². The van der Waals surface area contributed by atoms with E-state index in [0.717, 1.165) is 56.0 Å². The zero-order valence-electron chi connectivity index (χ0n) is 23.4. The Morgan fingerprint density at radius 3 is 2.45 bits per heavy atom. The molecule has 0 N–H and O–H groups in total. The second-order valence-electron chi connectivity index (χ2n) is 10.8. The number of methoxy groups -OCH3 is 1. The first-order valence-electron chi connectivity index (χ1n) is 14.3. The Hall–Kier alpha value is -2.72. The number of nitrogens with zero attached hydrogens (tertiary/aromatic N) is 6. The molecule has 0 unspecified atom stereocenters. The van der Waals surface area contributed by atoms with Gasteiger partial charge in [-0.3, -0.25) is 9.59 Å². The molecule has 2 amide bonds. The molecule has 2 saturated heterocycles. The molecular weight excluding hydrogens is 548 g/mol. The molecule has 2 aliphatic heterocycles. The average molecular weight is 587 g/mol. The number of para-hydroxylation sites is 2. The number of rotatable bonds is 7. The molecule has 3 fully saturated rings. The summed E-state index contributed by atoms with van der Waals surface area (Å²) >= 11 is 7.70. The van der Waals surface area contributed by atoms with Crippen LogP contribution >= 0.6 is 23.4 Å². The maximum absolute atomic E-state index is 13.1. The van der Waals surface area contributed by atoms with Crippen molar-refractivity contribution in [1.82, 2.24) is 19.8 Å². The molecule has 5 rings (SSSR count). The summed E-state index contributed by atoms with van der Waals surface area (Å²) in [7, 11) is 1.68. The van der Waals surface area contributed by atoms with Crippen LogP contribution < -0.4 is 14.5 Å². The Bertz CT molecular complexity index is 1190. The van der Waals surface area contributed by atoms with Crippen molar-refractivity contribution in [3.63, 3.8) is 0 Å². The third kappa shape index (κ3) is 6.77. The van der Waals surface area contributed by atoms with Crippen LogP contribution in [0.4, 0.5) is 11.5 Å². The standard InChI is InChI=1S/C29H39ClN6O3S/c1-21-19-35(16-17-36(21)28(38)22-8-4-3-5-9-22)26-18-25(30)31-29(32-26)40-20-27(37)34-14-12-33(13-15-34)23-10-6-7-11-24(23)39-2/h6-7,10-11,18,21-22H,3-5,8-9,12-17,19-20H2,1-2H3/t21-/m1/s1. The summed E-state index contributed by atoms with van der Waals surface area (Å²) in [5, 5.41) is 0.857. The quantitative estimate of drug-likeness (QED) is 0.271. The summed E-state index contributed by atoms with van der Waals surface area (Å²) in [6.45, 7) is 7.00. The van der Waals surface area contributed by atoms with Gasteiger partial charge in [-0.05, 0) is 31.9 Å². The lowest BCUT2D eigenvalue weighted by Crippen LogP contribution is -2.55. The summed E-state index contributed by atoms with van der Waals surface area (Å²) in [5.74, 6) is 2.41. The number of amides is 2. The fourth-order valence-corrected chi connectivity index (χ4v) is 6.98. The average Bonchev–Trinajstić information content (AvgIpc) is 2.99. The molecule has 0 bridgehead atoms. The van der Waals surface area contributed by atoms with Crippen LogP contribution in [-0.2, 0) is 9.59 Å². The van der Waals surface area contributed by atoms with Crippen LogP contribution in [0.2, 0.25) is 5.15 Å². The number of aromatic nitrogens is 2. The molecule has 0 spiro atoms. The normalized spacial score (nSPS) is 20.5. The van der Waals surface area contributed by atoms with Crippen molar-refractivity contribution in [3.05, 3.63) is 35.5 Å². The van der Waals surface area contributed by atoms with Gasteiger partial charge in [0.05, 0.1) is 18.6 Å². The molecule has 1 aromatic carbocycles. The molecule has 2 aromatic rings. The van der Waals surface area contributed by atoms with Crippen LogP contribution in [0.25, 0.3) is 0 Å². The largest absolute Gasteiger partial charge is 0.495 e. The van der Waals surface area contributed by atoms with Crippen molar-refractivity contribution in [1.29, 1.82) is 0 Å². The van der Waals surface area contributed by atoms with E-state index in [2.05, 4.69) is 32.7 Å². The van der Waals surface area contributed by atoms with Gasteiger partial charge in [0.1, 0.15) is 16.7 Å². The van der Waals surface area contributed by atoms with Gasteiger partial charge in [0.2, 0.25) is 11.8 Å². The molecule has 3 aliphatic rings. The lowest BCUT2D eigenvalue weighted by molar-refractivity contribution is -0.139. The van der Waals surface area contributed by atoms with Gasteiger partial charge in [0, 0.05) is 63.8 Å². The molecule has 216 valence electrons. The first kappa shape index (κ1) is 28.8. The smallest absolute Gasteiger partial charge is 0.233 e. The molecule has 3 heterocycles. The predicted octanol–water partition coefficient (Wildman–Crippen LogP) is 4.20. The van der Waals surface area contributed by atoms with Gasteiger partial charge >= 0.3 is 0 Å². The van der Waals surface area contributed by atoms with Crippen LogP contribution in [-0.4, -0.2) is 96.3 Å². The van der Waals surface area contributed by atoms with E-state index in [9.17, 15) is 9.59 Å². The van der Waals surface area contributed by atoms with Crippen molar-refractivity contribution in [2.75, 3.05) is 68.5 Å². The molecule has 1 aromatic heterocycles. The van der Waals surface area contributed by atoms with Crippen LogP contribution in [0.3, 0.4) is 0 Å². The molecule has 1 atom stereocenters. The van der Waals surface area contributed by atoms with E-state index in [4.69, 9.17) is 21.3 Å². The van der Waals surface area contributed by atoms with Crippen molar-refractivity contribution < 1.29 is 14.3 Å². The Balaban J connectivity index is 1.13. The highest BCUT2D eigenvalue weighted by Crippen LogP contribution is 2.30. The van der Waals surface area contributed by atoms with E-state index in [1.165, 1.54) is 18.2 Å². The van der Waals surface area contributed by atoms with Gasteiger partial charge in [-0.1, -0.05) is 54.8 Å².